The van der Waals surface area contributed by atoms with Crippen LogP contribution < -0.4 is 5.32 Å². The van der Waals surface area contributed by atoms with Crippen LogP contribution in [0.5, 0.6) is 0 Å². The number of rotatable bonds is 8. The number of likely N-dealkylation sites (tertiary alicyclic amines) is 1. The van der Waals surface area contributed by atoms with Crippen molar-refractivity contribution in [1.29, 1.82) is 0 Å². The van der Waals surface area contributed by atoms with Crippen LogP contribution in [0.3, 0.4) is 0 Å². The second-order valence-electron chi connectivity index (χ2n) is 8.72. The average Bonchev–Trinajstić information content (AvgIpc) is 3.00. The first-order valence-corrected chi connectivity index (χ1v) is 11.0. The SMILES string of the molecule is CC(C)NC(=O)[C@@H](C)N(Cc1ccc(F)cc1)C(=O)CCN1C(=O)[C@H]2CC=CC[C@H]2C1=O. The van der Waals surface area contributed by atoms with Crippen molar-refractivity contribution in [3.05, 3.63) is 47.8 Å². The second kappa shape index (κ2) is 10.1. The van der Waals surface area contributed by atoms with Gasteiger partial charge < -0.3 is 10.2 Å². The molecule has 172 valence electrons. The van der Waals surface area contributed by atoms with Gasteiger partial charge in [-0.2, -0.15) is 0 Å². The number of imide groups is 1. The summed E-state index contributed by atoms with van der Waals surface area (Å²) in [5.74, 6) is -2.18. The Morgan fingerprint density at radius 3 is 2.16 bits per heavy atom. The molecule has 1 N–H and O–H groups in total. The molecule has 1 saturated heterocycles. The summed E-state index contributed by atoms with van der Waals surface area (Å²) in [6.45, 7) is 5.39. The van der Waals surface area contributed by atoms with Gasteiger partial charge in [0.2, 0.25) is 23.6 Å². The van der Waals surface area contributed by atoms with E-state index in [1.807, 2.05) is 26.0 Å². The lowest BCUT2D eigenvalue weighted by molar-refractivity contribution is -0.143. The lowest BCUT2D eigenvalue weighted by atomic mass is 9.85. The molecule has 4 amide bonds. The van der Waals surface area contributed by atoms with Crippen molar-refractivity contribution in [2.24, 2.45) is 11.8 Å². The van der Waals surface area contributed by atoms with Crippen molar-refractivity contribution in [2.75, 3.05) is 6.54 Å². The monoisotopic (exact) mass is 443 g/mol. The molecular weight excluding hydrogens is 413 g/mol. The number of carbonyl (C=O) groups excluding carboxylic acids is 4. The molecular formula is C24H30FN3O4. The molecule has 0 radical (unpaired) electrons. The molecule has 2 aliphatic rings. The summed E-state index contributed by atoms with van der Waals surface area (Å²) in [6, 6.07) is 4.86. The fourth-order valence-electron chi connectivity index (χ4n) is 4.21. The van der Waals surface area contributed by atoms with Gasteiger partial charge in [-0.1, -0.05) is 24.3 Å². The molecule has 0 saturated carbocycles. The molecule has 8 heteroatoms. The van der Waals surface area contributed by atoms with Gasteiger partial charge >= 0.3 is 0 Å². The maximum absolute atomic E-state index is 13.3. The molecule has 3 atom stereocenters. The van der Waals surface area contributed by atoms with Crippen LogP contribution in [0, 0.1) is 17.7 Å². The summed E-state index contributed by atoms with van der Waals surface area (Å²) in [6.07, 6.45) is 4.84. The van der Waals surface area contributed by atoms with Gasteiger partial charge in [0.25, 0.3) is 0 Å². The van der Waals surface area contributed by atoms with E-state index < -0.39 is 6.04 Å². The van der Waals surface area contributed by atoms with Crippen LogP contribution in [0.15, 0.2) is 36.4 Å². The Kier molecular flexibility index (Phi) is 7.43. The van der Waals surface area contributed by atoms with E-state index in [0.29, 0.717) is 18.4 Å². The highest BCUT2D eigenvalue weighted by molar-refractivity contribution is 6.05. The summed E-state index contributed by atoms with van der Waals surface area (Å²) in [5.41, 5.74) is 0.675. The Balaban J connectivity index is 1.71. The number of nitrogens with one attached hydrogen (secondary N) is 1. The van der Waals surface area contributed by atoms with Gasteiger partial charge in [0.15, 0.2) is 0 Å². The Bertz CT molecular complexity index is 886. The molecule has 1 fully saturated rings. The number of carbonyl (C=O) groups is 4. The lowest BCUT2D eigenvalue weighted by Crippen LogP contribution is -2.49. The highest BCUT2D eigenvalue weighted by Gasteiger charge is 2.47. The lowest BCUT2D eigenvalue weighted by Gasteiger charge is -2.30. The quantitative estimate of drug-likeness (QED) is 0.494. The molecule has 3 rings (SSSR count). The van der Waals surface area contributed by atoms with Crippen molar-refractivity contribution in [1.82, 2.24) is 15.1 Å². The predicted molar refractivity (Wildman–Crippen MR) is 116 cm³/mol. The maximum Gasteiger partial charge on any atom is 0.242 e. The zero-order valence-electron chi connectivity index (χ0n) is 18.7. The maximum atomic E-state index is 13.3. The Morgan fingerprint density at radius 2 is 1.62 bits per heavy atom. The number of benzene rings is 1. The van der Waals surface area contributed by atoms with E-state index >= 15 is 0 Å². The minimum absolute atomic E-state index is 0.0120. The summed E-state index contributed by atoms with van der Waals surface area (Å²) in [7, 11) is 0. The van der Waals surface area contributed by atoms with E-state index in [4.69, 9.17) is 0 Å². The van der Waals surface area contributed by atoms with Gasteiger partial charge in [0.1, 0.15) is 11.9 Å². The number of amides is 4. The molecule has 0 unspecified atom stereocenters. The first kappa shape index (κ1) is 23.6. The fourth-order valence-corrected chi connectivity index (χ4v) is 4.21. The van der Waals surface area contributed by atoms with Crippen LogP contribution in [-0.2, 0) is 25.7 Å². The number of halogens is 1. The molecule has 1 aromatic rings. The molecule has 1 aliphatic heterocycles. The second-order valence-corrected chi connectivity index (χ2v) is 8.72. The van der Waals surface area contributed by atoms with E-state index in [9.17, 15) is 23.6 Å². The van der Waals surface area contributed by atoms with Crippen LogP contribution in [0.25, 0.3) is 0 Å². The van der Waals surface area contributed by atoms with Crippen molar-refractivity contribution in [2.45, 2.75) is 58.7 Å². The molecule has 0 bridgehead atoms. The van der Waals surface area contributed by atoms with Crippen LogP contribution in [0.4, 0.5) is 4.39 Å². The first-order valence-electron chi connectivity index (χ1n) is 11.0. The third-order valence-electron chi connectivity index (χ3n) is 6.01. The zero-order chi connectivity index (χ0) is 23.4. The van der Waals surface area contributed by atoms with E-state index in [1.54, 1.807) is 19.1 Å². The Morgan fingerprint density at radius 1 is 1.06 bits per heavy atom. The normalized spacial score (nSPS) is 21.0. The third-order valence-corrected chi connectivity index (χ3v) is 6.01. The number of hydrogen-bond donors (Lipinski definition) is 1. The number of nitrogens with zero attached hydrogens (tertiary/aromatic N) is 2. The average molecular weight is 444 g/mol. The van der Waals surface area contributed by atoms with Crippen LogP contribution in [-0.4, -0.2) is 52.1 Å². The summed E-state index contributed by atoms with van der Waals surface area (Å²) in [5, 5.41) is 2.80. The van der Waals surface area contributed by atoms with E-state index in [-0.39, 0.29) is 66.8 Å². The zero-order valence-corrected chi connectivity index (χ0v) is 18.7. The topological polar surface area (TPSA) is 86.8 Å². The summed E-state index contributed by atoms with van der Waals surface area (Å²) in [4.78, 5) is 53.7. The summed E-state index contributed by atoms with van der Waals surface area (Å²) >= 11 is 0. The van der Waals surface area contributed by atoms with E-state index in [1.165, 1.54) is 21.9 Å². The molecule has 0 spiro atoms. The Hall–Kier alpha value is -3.03. The van der Waals surface area contributed by atoms with E-state index in [0.717, 1.165) is 0 Å². The first-order chi connectivity index (χ1) is 15.2. The highest BCUT2D eigenvalue weighted by Crippen LogP contribution is 2.35. The molecule has 1 aromatic carbocycles. The van der Waals surface area contributed by atoms with Gasteiger partial charge in [-0.15, -0.1) is 0 Å². The van der Waals surface area contributed by atoms with Crippen molar-refractivity contribution < 1.29 is 23.6 Å². The molecule has 0 aromatic heterocycles. The van der Waals surface area contributed by atoms with Gasteiger partial charge in [0.05, 0.1) is 11.8 Å². The van der Waals surface area contributed by atoms with E-state index in [2.05, 4.69) is 5.32 Å². The largest absolute Gasteiger partial charge is 0.352 e. The van der Waals surface area contributed by atoms with Gasteiger partial charge in [0, 0.05) is 25.6 Å². The van der Waals surface area contributed by atoms with Crippen molar-refractivity contribution in [3.8, 4) is 0 Å². The van der Waals surface area contributed by atoms with Gasteiger partial charge in [-0.05, 0) is 51.3 Å². The molecule has 32 heavy (non-hydrogen) atoms. The number of fused-ring (bicyclic) bond motifs is 1. The van der Waals surface area contributed by atoms with Crippen molar-refractivity contribution >= 4 is 23.6 Å². The minimum atomic E-state index is -0.772. The highest BCUT2D eigenvalue weighted by atomic mass is 19.1. The standard InChI is InChI=1S/C24H30FN3O4/c1-15(2)26-22(30)16(3)28(14-17-8-10-18(25)11-9-17)21(29)12-13-27-23(31)19-6-4-5-7-20(19)24(27)32/h4-5,8-11,15-16,19-20H,6-7,12-14H2,1-3H3,(H,26,30)/t16-,19-,20+/m1/s1. The third kappa shape index (κ3) is 5.23. The van der Waals surface area contributed by atoms with Crippen molar-refractivity contribution in [3.63, 3.8) is 0 Å². The molecule has 1 heterocycles. The summed E-state index contributed by atoms with van der Waals surface area (Å²) < 4.78 is 13.3. The fraction of sp³-hybridized carbons (Fsp3) is 0.500. The van der Waals surface area contributed by atoms with Crippen LogP contribution in [0.1, 0.15) is 45.6 Å². The molecule has 7 nitrogen and oxygen atoms in total. The minimum Gasteiger partial charge on any atom is -0.352 e. The predicted octanol–water partition coefficient (Wildman–Crippen LogP) is 2.41. The van der Waals surface area contributed by atoms with Gasteiger partial charge in [-0.25, -0.2) is 4.39 Å². The molecule has 1 aliphatic carbocycles. The smallest absolute Gasteiger partial charge is 0.242 e. The Labute approximate surface area is 187 Å². The number of allylic oxidation sites excluding steroid dienone is 2. The number of hydrogen-bond acceptors (Lipinski definition) is 4. The van der Waals surface area contributed by atoms with Crippen LogP contribution >= 0.6 is 0 Å². The van der Waals surface area contributed by atoms with Crippen LogP contribution in [0.2, 0.25) is 0 Å². The van der Waals surface area contributed by atoms with Gasteiger partial charge in [-0.3, -0.25) is 24.1 Å².